The summed E-state index contributed by atoms with van der Waals surface area (Å²) in [7, 11) is 0. The summed E-state index contributed by atoms with van der Waals surface area (Å²) in [6.45, 7) is 9.03. The summed E-state index contributed by atoms with van der Waals surface area (Å²) in [5.41, 5.74) is 3.39. The Labute approximate surface area is 91.2 Å². The molecule has 0 saturated heterocycles. The summed E-state index contributed by atoms with van der Waals surface area (Å²) in [6, 6.07) is 0. The average molecular weight is 203 g/mol. The van der Waals surface area contributed by atoms with Crippen LogP contribution >= 0.6 is 0 Å². The van der Waals surface area contributed by atoms with E-state index in [9.17, 15) is 0 Å². The number of ether oxygens (including phenoxy) is 1. The summed E-state index contributed by atoms with van der Waals surface area (Å²) in [6.07, 6.45) is 7.70. The zero-order chi connectivity index (χ0) is 11.3. The number of nitrogens with one attached hydrogen (secondary N) is 1. The third-order valence-corrected chi connectivity index (χ3v) is 2.29. The van der Waals surface area contributed by atoms with E-state index in [-0.39, 0.29) is 0 Å². The average Bonchev–Trinajstić information content (AvgIpc) is 2.24. The fourth-order valence-corrected chi connectivity index (χ4v) is 1.32. The molecule has 2 nitrogen and oxygen atoms in total. The van der Waals surface area contributed by atoms with Crippen molar-refractivity contribution in [3.63, 3.8) is 0 Å². The third kappa shape index (κ3) is 3.03. The molecule has 0 saturated carbocycles. The van der Waals surface area contributed by atoms with Crippen LogP contribution in [0.4, 0.5) is 0 Å². The molecule has 0 radical (unpaired) electrons. The van der Waals surface area contributed by atoms with Crippen molar-refractivity contribution in [3.8, 4) is 0 Å². The van der Waals surface area contributed by atoms with Crippen molar-refractivity contribution in [1.82, 2.24) is 0 Å². The topological polar surface area (TPSA) is 33.1 Å². The highest BCUT2D eigenvalue weighted by atomic mass is 16.5. The van der Waals surface area contributed by atoms with Crippen LogP contribution in [0.25, 0.3) is 0 Å². The van der Waals surface area contributed by atoms with Gasteiger partial charge >= 0.3 is 0 Å². The SMILES string of the molecule is C=C1C=CC(/C(=C/C)COCC)=CC1=N. The largest absolute Gasteiger partial charge is 0.377 e. The molecular weight excluding hydrogens is 186 g/mol. The van der Waals surface area contributed by atoms with E-state index >= 15 is 0 Å². The standard InChI is InChI=1S/C13H17NO/c1-4-11(9-15-5-2)12-7-6-10(3)13(14)8-12/h4,6-8,14H,3,5,9H2,1-2H3/b11-4+,14-13?. The molecule has 1 rings (SSSR count). The van der Waals surface area contributed by atoms with Crippen molar-refractivity contribution in [2.75, 3.05) is 13.2 Å². The van der Waals surface area contributed by atoms with Crippen molar-refractivity contribution < 1.29 is 4.74 Å². The van der Waals surface area contributed by atoms with Crippen LogP contribution in [0.5, 0.6) is 0 Å². The molecule has 0 aromatic heterocycles. The van der Waals surface area contributed by atoms with Gasteiger partial charge in [-0.15, -0.1) is 0 Å². The van der Waals surface area contributed by atoms with Gasteiger partial charge in [-0.2, -0.15) is 0 Å². The number of hydrogen-bond donors (Lipinski definition) is 1. The molecule has 0 amide bonds. The second kappa shape index (κ2) is 5.47. The van der Waals surface area contributed by atoms with Gasteiger partial charge in [0.2, 0.25) is 0 Å². The zero-order valence-corrected chi connectivity index (χ0v) is 9.34. The van der Waals surface area contributed by atoms with E-state index < -0.39 is 0 Å². The van der Waals surface area contributed by atoms with Crippen molar-refractivity contribution in [3.05, 3.63) is 47.6 Å². The van der Waals surface area contributed by atoms with Gasteiger partial charge in [0.15, 0.2) is 0 Å². The molecule has 0 spiro atoms. The molecule has 0 aromatic rings. The lowest BCUT2D eigenvalue weighted by Gasteiger charge is -2.12. The molecule has 0 bridgehead atoms. The first kappa shape index (κ1) is 11.7. The quantitative estimate of drug-likeness (QED) is 0.748. The fourth-order valence-electron chi connectivity index (χ4n) is 1.32. The Bertz CT molecular complexity index is 359. The van der Waals surface area contributed by atoms with Crippen LogP contribution in [0.1, 0.15) is 13.8 Å². The fraction of sp³-hybridized carbons (Fsp3) is 0.308. The highest BCUT2D eigenvalue weighted by Crippen LogP contribution is 2.18. The van der Waals surface area contributed by atoms with Gasteiger partial charge in [-0.1, -0.05) is 24.8 Å². The van der Waals surface area contributed by atoms with Gasteiger partial charge in [-0.25, -0.2) is 0 Å². The van der Waals surface area contributed by atoms with Crippen LogP contribution in [0.2, 0.25) is 0 Å². The molecule has 0 atom stereocenters. The summed E-state index contributed by atoms with van der Waals surface area (Å²) < 4.78 is 5.37. The third-order valence-electron chi connectivity index (χ3n) is 2.29. The molecule has 15 heavy (non-hydrogen) atoms. The lowest BCUT2D eigenvalue weighted by Crippen LogP contribution is -2.05. The van der Waals surface area contributed by atoms with E-state index in [4.69, 9.17) is 10.1 Å². The van der Waals surface area contributed by atoms with Crippen molar-refractivity contribution in [1.29, 1.82) is 5.41 Å². The summed E-state index contributed by atoms with van der Waals surface area (Å²) in [4.78, 5) is 0. The molecule has 1 aliphatic carbocycles. The molecule has 1 N–H and O–H groups in total. The van der Waals surface area contributed by atoms with Gasteiger partial charge in [0.1, 0.15) is 0 Å². The Morgan fingerprint density at radius 1 is 1.53 bits per heavy atom. The van der Waals surface area contributed by atoms with E-state index in [1.807, 2.05) is 38.2 Å². The predicted octanol–water partition coefficient (Wildman–Crippen LogP) is 3.04. The summed E-state index contributed by atoms with van der Waals surface area (Å²) in [5, 5.41) is 7.68. The first-order valence-electron chi connectivity index (χ1n) is 5.10. The lowest BCUT2D eigenvalue weighted by atomic mass is 9.96. The molecule has 0 unspecified atom stereocenters. The van der Waals surface area contributed by atoms with Gasteiger partial charge in [-0.05, 0) is 36.6 Å². The van der Waals surface area contributed by atoms with E-state index in [2.05, 4.69) is 6.58 Å². The van der Waals surface area contributed by atoms with Gasteiger partial charge in [0, 0.05) is 6.61 Å². The summed E-state index contributed by atoms with van der Waals surface area (Å²) in [5.74, 6) is 0. The van der Waals surface area contributed by atoms with Crippen LogP contribution in [0.15, 0.2) is 47.6 Å². The Balaban J connectivity index is 2.79. The van der Waals surface area contributed by atoms with Gasteiger partial charge < -0.3 is 10.1 Å². The molecule has 1 aliphatic rings. The van der Waals surface area contributed by atoms with Crippen LogP contribution in [-0.2, 0) is 4.74 Å². The van der Waals surface area contributed by atoms with Crippen molar-refractivity contribution in [2.45, 2.75) is 13.8 Å². The monoisotopic (exact) mass is 203 g/mol. The highest BCUT2D eigenvalue weighted by Gasteiger charge is 2.08. The second-order valence-corrected chi connectivity index (χ2v) is 3.32. The molecule has 2 heteroatoms. The maximum absolute atomic E-state index is 7.68. The van der Waals surface area contributed by atoms with Crippen molar-refractivity contribution >= 4 is 5.71 Å². The minimum Gasteiger partial charge on any atom is -0.377 e. The van der Waals surface area contributed by atoms with Gasteiger partial charge in [0.05, 0.1) is 12.3 Å². The summed E-state index contributed by atoms with van der Waals surface area (Å²) >= 11 is 0. The Kier molecular flexibility index (Phi) is 4.25. The van der Waals surface area contributed by atoms with Gasteiger partial charge in [-0.3, -0.25) is 0 Å². The van der Waals surface area contributed by atoms with Gasteiger partial charge in [0.25, 0.3) is 0 Å². The number of allylic oxidation sites excluding steroid dienone is 5. The van der Waals surface area contributed by atoms with Crippen LogP contribution in [0.3, 0.4) is 0 Å². The molecule has 0 aliphatic heterocycles. The van der Waals surface area contributed by atoms with Crippen LogP contribution < -0.4 is 0 Å². The van der Waals surface area contributed by atoms with Crippen LogP contribution in [-0.4, -0.2) is 18.9 Å². The molecule has 0 heterocycles. The van der Waals surface area contributed by atoms with E-state index in [1.165, 1.54) is 0 Å². The molecule has 80 valence electrons. The molecule has 0 fully saturated rings. The van der Waals surface area contributed by atoms with E-state index in [0.29, 0.717) is 18.9 Å². The van der Waals surface area contributed by atoms with E-state index in [0.717, 1.165) is 16.7 Å². The second-order valence-electron chi connectivity index (χ2n) is 3.32. The Hall–Kier alpha value is -1.41. The predicted molar refractivity (Wildman–Crippen MR) is 64.3 cm³/mol. The lowest BCUT2D eigenvalue weighted by molar-refractivity contribution is 0.172. The normalized spacial score (nSPS) is 16.9. The van der Waals surface area contributed by atoms with Crippen LogP contribution in [0, 0.1) is 5.41 Å². The first-order chi connectivity index (χ1) is 7.19. The maximum atomic E-state index is 7.68. The first-order valence-corrected chi connectivity index (χ1v) is 5.10. The Morgan fingerprint density at radius 3 is 2.80 bits per heavy atom. The molecular formula is C13H17NO. The Morgan fingerprint density at radius 2 is 2.27 bits per heavy atom. The maximum Gasteiger partial charge on any atom is 0.0719 e. The number of hydrogen-bond acceptors (Lipinski definition) is 2. The number of rotatable bonds is 4. The zero-order valence-electron chi connectivity index (χ0n) is 9.34. The molecule has 0 aromatic carbocycles. The van der Waals surface area contributed by atoms with E-state index in [1.54, 1.807) is 0 Å². The minimum absolute atomic E-state index is 0.475. The minimum atomic E-state index is 0.475. The van der Waals surface area contributed by atoms with Crippen molar-refractivity contribution in [2.24, 2.45) is 0 Å². The smallest absolute Gasteiger partial charge is 0.0719 e. The highest BCUT2D eigenvalue weighted by molar-refractivity contribution is 6.10.